The molecule has 1 atom stereocenters. The van der Waals surface area contributed by atoms with Crippen LogP contribution in [0.15, 0.2) is 54.7 Å². The van der Waals surface area contributed by atoms with Gasteiger partial charge in [-0.3, -0.25) is 14.5 Å². The number of benzene rings is 2. The molecule has 2 amide bonds. The highest BCUT2D eigenvalue weighted by molar-refractivity contribution is 6.13. The van der Waals surface area contributed by atoms with Gasteiger partial charge in [-0.15, -0.1) is 0 Å². The van der Waals surface area contributed by atoms with E-state index in [-0.39, 0.29) is 11.8 Å². The fourth-order valence-corrected chi connectivity index (χ4v) is 5.43. The van der Waals surface area contributed by atoms with Crippen LogP contribution >= 0.6 is 0 Å². The van der Waals surface area contributed by atoms with Gasteiger partial charge in [-0.1, -0.05) is 12.1 Å². The molecule has 0 spiro atoms. The van der Waals surface area contributed by atoms with E-state index in [9.17, 15) is 9.59 Å². The van der Waals surface area contributed by atoms with Gasteiger partial charge in [0.05, 0.1) is 41.1 Å². The first-order chi connectivity index (χ1) is 19.2. The number of likely N-dealkylation sites (N-methyl/N-ethyl adjacent to an activating group) is 1. The van der Waals surface area contributed by atoms with Crippen molar-refractivity contribution in [3.63, 3.8) is 0 Å². The molecule has 2 aromatic carbocycles. The SMILES string of the molecule is CCOc1cc(C(=O)N2CCC(N(C)C(C)C)C2)ccc1Nc1cc2c(cn1)N(C)C(=O)c1ccccc1N2C. The third-order valence-electron chi connectivity index (χ3n) is 8.02. The fraction of sp³-hybridized carbons (Fsp3) is 0.387. The Balaban J connectivity index is 1.40. The van der Waals surface area contributed by atoms with Gasteiger partial charge in [0.25, 0.3) is 11.8 Å². The molecular weight excluding hydrogens is 504 g/mol. The first-order valence-electron chi connectivity index (χ1n) is 13.9. The lowest BCUT2D eigenvalue weighted by molar-refractivity contribution is 0.0775. The summed E-state index contributed by atoms with van der Waals surface area (Å²) < 4.78 is 5.95. The Morgan fingerprint density at radius 1 is 1.10 bits per heavy atom. The monoisotopic (exact) mass is 542 g/mol. The molecule has 3 aromatic rings. The smallest absolute Gasteiger partial charge is 0.260 e. The minimum absolute atomic E-state index is 0.0170. The zero-order valence-corrected chi connectivity index (χ0v) is 24.1. The van der Waals surface area contributed by atoms with Crippen LogP contribution in [-0.2, 0) is 0 Å². The summed E-state index contributed by atoms with van der Waals surface area (Å²) in [5, 5.41) is 3.37. The normalized spacial score (nSPS) is 16.8. The van der Waals surface area contributed by atoms with Gasteiger partial charge in [0.2, 0.25) is 0 Å². The molecule has 40 heavy (non-hydrogen) atoms. The number of aromatic nitrogens is 1. The van der Waals surface area contributed by atoms with E-state index < -0.39 is 0 Å². The molecule has 210 valence electrons. The minimum atomic E-state index is -0.0808. The number of para-hydroxylation sites is 1. The number of amides is 2. The Kier molecular flexibility index (Phi) is 7.67. The lowest BCUT2D eigenvalue weighted by Gasteiger charge is -2.28. The molecule has 0 saturated carbocycles. The second-order valence-electron chi connectivity index (χ2n) is 10.7. The second-order valence-corrected chi connectivity index (χ2v) is 10.7. The summed E-state index contributed by atoms with van der Waals surface area (Å²) in [6.07, 6.45) is 2.68. The summed E-state index contributed by atoms with van der Waals surface area (Å²) in [6.45, 7) is 8.21. The quantitative estimate of drug-likeness (QED) is 0.443. The van der Waals surface area contributed by atoms with Crippen molar-refractivity contribution >= 4 is 40.4 Å². The highest BCUT2D eigenvalue weighted by atomic mass is 16.5. The Labute approximate surface area is 236 Å². The summed E-state index contributed by atoms with van der Waals surface area (Å²) >= 11 is 0. The fourth-order valence-electron chi connectivity index (χ4n) is 5.43. The van der Waals surface area contributed by atoms with E-state index in [1.807, 2.05) is 72.3 Å². The lowest BCUT2D eigenvalue weighted by atomic mass is 10.1. The van der Waals surface area contributed by atoms with Crippen molar-refractivity contribution in [3.8, 4) is 5.75 Å². The maximum Gasteiger partial charge on any atom is 0.260 e. The van der Waals surface area contributed by atoms with E-state index in [0.717, 1.165) is 30.9 Å². The number of rotatable bonds is 7. The molecule has 1 fully saturated rings. The van der Waals surface area contributed by atoms with Crippen molar-refractivity contribution in [2.45, 2.75) is 39.3 Å². The number of hydrogen-bond acceptors (Lipinski definition) is 7. The van der Waals surface area contributed by atoms with Crippen molar-refractivity contribution in [2.24, 2.45) is 0 Å². The number of likely N-dealkylation sites (tertiary alicyclic amines) is 1. The van der Waals surface area contributed by atoms with E-state index in [1.165, 1.54) is 0 Å². The van der Waals surface area contributed by atoms with Crippen molar-refractivity contribution in [1.82, 2.24) is 14.8 Å². The number of carbonyl (C=O) groups excluding carboxylic acids is 2. The van der Waals surface area contributed by atoms with Crippen LogP contribution in [0.4, 0.5) is 28.6 Å². The van der Waals surface area contributed by atoms with Gasteiger partial charge in [-0.2, -0.15) is 0 Å². The van der Waals surface area contributed by atoms with Crippen LogP contribution in [0.2, 0.25) is 0 Å². The average Bonchev–Trinajstić information content (AvgIpc) is 3.44. The van der Waals surface area contributed by atoms with Gasteiger partial charge < -0.3 is 24.8 Å². The van der Waals surface area contributed by atoms with Crippen LogP contribution in [0.3, 0.4) is 0 Å². The van der Waals surface area contributed by atoms with Gasteiger partial charge in [0.15, 0.2) is 0 Å². The molecule has 0 radical (unpaired) electrons. The Hall–Kier alpha value is -4.11. The number of nitrogens with zero attached hydrogens (tertiary/aromatic N) is 5. The van der Waals surface area contributed by atoms with Gasteiger partial charge in [0.1, 0.15) is 11.6 Å². The molecular formula is C31H38N6O3. The van der Waals surface area contributed by atoms with E-state index >= 15 is 0 Å². The third-order valence-corrected chi connectivity index (χ3v) is 8.02. The molecule has 3 heterocycles. The molecule has 1 aromatic heterocycles. The maximum atomic E-state index is 13.4. The number of ether oxygens (including phenoxy) is 1. The van der Waals surface area contributed by atoms with Gasteiger partial charge >= 0.3 is 0 Å². The predicted octanol–water partition coefficient (Wildman–Crippen LogP) is 5.14. The summed E-state index contributed by atoms with van der Waals surface area (Å²) in [5.41, 5.74) is 4.35. The van der Waals surface area contributed by atoms with Crippen molar-refractivity contribution in [2.75, 3.05) is 56.0 Å². The summed E-state index contributed by atoms with van der Waals surface area (Å²) in [6, 6.07) is 15.8. The molecule has 1 N–H and O–H groups in total. The highest BCUT2D eigenvalue weighted by Gasteiger charge is 2.31. The number of fused-ring (bicyclic) bond motifs is 2. The summed E-state index contributed by atoms with van der Waals surface area (Å²) in [7, 11) is 5.83. The molecule has 9 heteroatoms. The molecule has 5 rings (SSSR count). The average molecular weight is 543 g/mol. The third kappa shape index (κ3) is 5.09. The van der Waals surface area contributed by atoms with E-state index in [0.29, 0.717) is 52.8 Å². The summed E-state index contributed by atoms with van der Waals surface area (Å²) in [5.74, 6) is 1.13. The Morgan fingerprint density at radius 3 is 2.62 bits per heavy atom. The molecule has 1 unspecified atom stereocenters. The number of hydrogen-bond donors (Lipinski definition) is 1. The number of anilines is 5. The molecule has 0 aliphatic carbocycles. The van der Waals surface area contributed by atoms with E-state index in [2.05, 4.69) is 36.1 Å². The predicted molar refractivity (Wildman–Crippen MR) is 160 cm³/mol. The van der Waals surface area contributed by atoms with Crippen LogP contribution in [0.25, 0.3) is 0 Å². The van der Waals surface area contributed by atoms with Crippen LogP contribution in [0.5, 0.6) is 5.75 Å². The standard InChI is InChI=1S/C31H38N6O3/c1-7-40-28-16-21(30(38)37-15-14-22(19-37)34(4)20(2)3)12-13-24(28)33-29-17-26-27(18-32-29)36(6)31(39)23-10-8-9-11-25(23)35(26)5/h8-13,16-18,20,22H,7,14-15,19H2,1-6H3,(H,32,33). The number of pyridine rings is 1. The highest BCUT2D eigenvalue weighted by Crippen LogP contribution is 2.40. The van der Waals surface area contributed by atoms with Gasteiger partial charge in [-0.05, 0) is 64.6 Å². The van der Waals surface area contributed by atoms with Crippen LogP contribution in [0.1, 0.15) is 47.9 Å². The first-order valence-corrected chi connectivity index (χ1v) is 13.9. The largest absolute Gasteiger partial charge is 0.492 e. The zero-order chi connectivity index (χ0) is 28.6. The van der Waals surface area contributed by atoms with Crippen molar-refractivity contribution in [1.29, 1.82) is 0 Å². The van der Waals surface area contributed by atoms with E-state index in [1.54, 1.807) is 18.1 Å². The summed E-state index contributed by atoms with van der Waals surface area (Å²) in [4.78, 5) is 39.0. The van der Waals surface area contributed by atoms with E-state index in [4.69, 9.17) is 4.74 Å². The zero-order valence-electron chi connectivity index (χ0n) is 24.1. The maximum absolute atomic E-state index is 13.4. The molecule has 2 aliphatic heterocycles. The minimum Gasteiger partial charge on any atom is -0.492 e. The van der Waals surface area contributed by atoms with Crippen molar-refractivity contribution < 1.29 is 14.3 Å². The lowest BCUT2D eigenvalue weighted by Crippen LogP contribution is -2.40. The number of nitrogens with one attached hydrogen (secondary N) is 1. The second kappa shape index (κ2) is 11.2. The number of carbonyl (C=O) groups is 2. The molecule has 9 nitrogen and oxygen atoms in total. The van der Waals surface area contributed by atoms with Gasteiger partial charge in [0, 0.05) is 50.9 Å². The topological polar surface area (TPSA) is 81.2 Å². The van der Waals surface area contributed by atoms with Crippen molar-refractivity contribution in [3.05, 3.63) is 65.9 Å². The van der Waals surface area contributed by atoms with Gasteiger partial charge in [-0.25, -0.2) is 4.98 Å². The first kappa shape index (κ1) is 27.5. The molecule has 2 aliphatic rings. The molecule has 1 saturated heterocycles. The van der Waals surface area contributed by atoms with Crippen LogP contribution in [0, 0.1) is 0 Å². The van der Waals surface area contributed by atoms with Crippen LogP contribution < -0.4 is 19.9 Å². The molecule has 0 bridgehead atoms. The Morgan fingerprint density at radius 2 is 1.88 bits per heavy atom. The Bertz CT molecular complexity index is 1420. The van der Waals surface area contributed by atoms with Crippen LogP contribution in [-0.4, -0.2) is 79.5 Å².